The number of pyridine rings is 3. The van der Waals surface area contributed by atoms with Crippen molar-refractivity contribution in [2.45, 2.75) is 19.5 Å². The zero-order chi connectivity index (χ0) is 23.6. The SMILES string of the molecule is O=C(NCc1cccnc1)c1ccc(NCc2cccnc2)nc1NCCc1cccc(F)c1. The predicted molar refractivity (Wildman–Crippen MR) is 130 cm³/mol. The number of nitrogens with zero attached hydrogens (tertiary/aromatic N) is 3. The number of rotatable bonds is 10. The number of hydrogen-bond acceptors (Lipinski definition) is 6. The predicted octanol–water partition coefficient (Wildman–Crippen LogP) is 4.21. The molecule has 0 saturated carbocycles. The minimum atomic E-state index is -0.271. The molecule has 3 aromatic heterocycles. The maximum Gasteiger partial charge on any atom is 0.255 e. The fourth-order valence-corrected chi connectivity index (χ4v) is 3.37. The summed E-state index contributed by atoms with van der Waals surface area (Å²) in [5.74, 6) is 0.563. The lowest BCUT2D eigenvalue weighted by molar-refractivity contribution is 0.0951. The lowest BCUT2D eigenvalue weighted by Gasteiger charge is -2.14. The highest BCUT2D eigenvalue weighted by Gasteiger charge is 2.14. The van der Waals surface area contributed by atoms with E-state index >= 15 is 0 Å². The van der Waals surface area contributed by atoms with E-state index in [4.69, 9.17) is 0 Å². The lowest BCUT2D eigenvalue weighted by Crippen LogP contribution is -2.25. The third kappa shape index (κ3) is 6.59. The smallest absolute Gasteiger partial charge is 0.255 e. The van der Waals surface area contributed by atoms with Gasteiger partial charge in [0.2, 0.25) is 0 Å². The largest absolute Gasteiger partial charge is 0.369 e. The van der Waals surface area contributed by atoms with Gasteiger partial charge in [0, 0.05) is 44.4 Å². The standard InChI is InChI=1S/C26H25FN6O/c27-22-7-1-4-19(14-22)10-13-30-25-23(26(34)32-18-21-6-3-12-29-16-21)8-9-24(33-25)31-17-20-5-2-11-28-15-20/h1-9,11-12,14-16H,10,13,17-18H2,(H,32,34)(H2,30,31,33). The van der Waals surface area contributed by atoms with Gasteiger partial charge in [-0.2, -0.15) is 0 Å². The van der Waals surface area contributed by atoms with Gasteiger partial charge in [-0.3, -0.25) is 14.8 Å². The molecule has 4 rings (SSSR count). The Morgan fingerprint density at radius 1 is 0.824 bits per heavy atom. The van der Waals surface area contributed by atoms with Gasteiger partial charge < -0.3 is 16.0 Å². The zero-order valence-corrected chi connectivity index (χ0v) is 18.5. The van der Waals surface area contributed by atoms with E-state index in [1.807, 2.05) is 30.3 Å². The van der Waals surface area contributed by atoms with E-state index < -0.39 is 0 Å². The average Bonchev–Trinajstić information content (AvgIpc) is 2.87. The number of carbonyl (C=O) groups is 1. The summed E-state index contributed by atoms with van der Waals surface area (Å²) in [5, 5.41) is 9.41. The Balaban J connectivity index is 1.46. The Hall–Kier alpha value is -4.33. The molecule has 34 heavy (non-hydrogen) atoms. The van der Waals surface area contributed by atoms with Crippen LogP contribution < -0.4 is 16.0 Å². The molecule has 0 bridgehead atoms. The van der Waals surface area contributed by atoms with Crippen LogP contribution in [0.3, 0.4) is 0 Å². The molecule has 172 valence electrons. The van der Waals surface area contributed by atoms with E-state index in [0.717, 1.165) is 16.7 Å². The Bertz CT molecular complexity index is 1220. The van der Waals surface area contributed by atoms with E-state index in [0.29, 0.717) is 43.3 Å². The molecule has 0 unspecified atom stereocenters. The molecule has 0 aliphatic rings. The zero-order valence-electron chi connectivity index (χ0n) is 18.5. The van der Waals surface area contributed by atoms with Gasteiger partial charge in [-0.15, -0.1) is 0 Å². The maximum absolute atomic E-state index is 13.5. The number of anilines is 2. The Kier molecular flexibility index (Phi) is 7.74. The first kappa shape index (κ1) is 22.8. The minimum absolute atomic E-state index is 0.247. The van der Waals surface area contributed by atoms with Crippen molar-refractivity contribution in [3.05, 3.63) is 114 Å². The van der Waals surface area contributed by atoms with Crippen LogP contribution in [0.15, 0.2) is 85.5 Å². The molecule has 0 spiro atoms. The van der Waals surface area contributed by atoms with Gasteiger partial charge in [-0.25, -0.2) is 9.37 Å². The third-order valence-electron chi connectivity index (χ3n) is 5.11. The van der Waals surface area contributed by atoms with E-state index in [1.165, 1.54) is 12.1 Å². The van der Waals surface area contributed by atoms with Gasteiger partial charge in [0.25, 0.3) is 5.91 Å². The van der Waals surface area contributed by atoms with Crippen molar-refractivity contribution in [2.24, 2.45) is 0 Å². The van der Waals surface area contributed by atoms with Gasteiger partial charge in [0.15, 0.2) is 0 Å². The highest BCUT2D eigenvalue weighted by atomic mass is 19.1. The monoisotopic (exact) mass is 456 g/mol. The van der Waals surface area contributed by atoms with Crippen LogP contribution in [-0.4, -0.2) is 27.4 Å². The first-order valence-corrected chi connectivity index (χ1v) is 11.0. The maximum atomic E-state index is 13.5. The molecule has 1 aromatic carbocycles. The second-order valence-electron chi connectivity index (χ2n) is 7.66. The summed E-state index contributed by atoms with van der Waals surface area (Å²) < 4.78 is 13.5. The Labute approximate surface area is 197 Å². The van der Waals surface area contributed by atoms with Crippen LogP contribution in [0.4, 0.5) is 16.0 Å². The van der Waals surface area contributed by atoms with Crippen LogP contribution in [0.2, 0.25) is 0 Å². The van der Waals surface area contributed by atoms with Crippen molar-refractivity contribution in [2.75, 3.05) is 17.2 Å². The molecule has 4 aromatic rings. The van der Waals surface area contributed by atoms with Crippen LogP contribution in [0.25, 0.3) is 0 Å². The van der Waals surface area contributed by atoms with Crippen molar-refractivity contribution >= 4 is 17.5 Å². The van der Waals surface area contributed by atoms with Crippen molar-refractivity contribution in [1.82, 2.24) is 20.3 Å². The minimum Gasteiger partial charge on any atom is -0.369 e. The molecule has 7 nitrogen and oxygen atoms in total. The quantitative estimate of drug-likeness (QED) is 0.331. The van der Waals surface area contributed by atoms with Gasteiger partial charge in [0.1, 0.15) is 17.5 Å². The van der Waals surface area contributed by atoms with E-state index in [9.17, 15) is 9.18 Å². The fourth-order valence-electron chi connectivity index (χ4n) is 3.37. The molecule has 0 radical (unpaired) electrons. The number of carbonyl (C=O) groups excluding carboxylic acids is 1. The van der Waals surface area contributed by atoms with Gasteiger partial charge >= 0.3 is 0 Å². The summed E-state index contributed by atoms with van der Waals surface area (Å²) in [6.45, 7) is 1.40. The molecule has 3 heterocycles. The lowest BCUT2D eigenvalue weighted by atomic mass is 10.1. The van der Waals surface area contributed by atoms with Crippen molar-refractivity contribution in [1.29, 1.82) is 0 Å². The van der Waals surface area contributed by atoms with Crippen LogP contribution in [0, 0.1) is 5.82 Å². The van der Waals surface area contributed by atoms with E-state index in [-0.39, 0.29) is 11.7 Å². The summed E-state index contributed by atoms with van der Waals surface area (Å²) in [6.07, 6.45) is 7.49. The summed E-state index contributed by atoms with van der Waals surface area (Å²) >= 11 is 0. The van der Waals surface area contributed by atoms with E-state index in [2.05, 4.69) is 30.9 Å². The second-order valence-corrected chi connectivity index (χ2v) is 7.66. The number of nitrogens with one attached hydrogen (secondary N) is 3. The number of hydrogen-bond donors (Lipinski definition) is 3. The molecule has 0 atom stereocenters. The fraction of sp³-hybridized carbons (Fsp3) is 0.154. The Morgan fingerprint density at radius 2 is 1.56 bits per heavy atom. The number of halogens is 1. The van der Waals surface area contributed by atoms with Crippen LogP contribution in [-0.2, 0) is 19.5 Å². The summed E-state index contributed by atoms with van der Waals surface area (Å²) in [4.78, 5) is 25.7. The normalized spacial score (nSPS) is 10.5. The van der Waals surface area contributed by atoms with E-state index in [1.54, 1.807) is 43.0 Å². The van der Waals surface area contributed by atoms with Gasteiger partial charge in [0.05, 0.1) is 5.56 Å². The van der Waals surface area contributed by atoms with Crippen molar-refractivity contribution < 1.29 is 9.18 Å². The molecule has 0 aliphatic heterocycles. The molecule has 0 fully saturated rings. The molecule has 0 aliphatic carbocycles. The highest BCUT2D eigenvalue weighted by Crippen LogP contribution is 2.18. The van der Waals surface area contributed by atoms with Crippen LogP contribution in [0.5, 0.6) is 0 Å². The third-order valence-corrected chi connectivity index (χ3v) is 5.11. The van der Waals surface area contributed by atoms with Crippen molar-refractivity contribution in [3.8, 4) is 0 Å². The molecule has 1 amide bonds. The number of amides is 1. The first-order chi connectivity index (χ1) is 16.7. The van der Waals surface area contributed by atoms with Crippen LogP contribution >= 0.6 is 0 Å². The molecular formula is C26H25FN6O. The summed E-state index contributed by atoms with van der Waals surface area (Å²) in [6, 6.07) is 17.5. The average molecular weight is 457 g/mol. The van der Waals surface area contributed by atoms with Gasteiger partial charge in [-0.05, 0) is 59.5 Å². The first-order valence-electron chi connectivity index (χ1n) is 11.0. The second kappa shape index (κ2) is 11.5. The summed E-state index contributed by atoms with van der Waals surface area (Å²) in [5.41, 5.74) is 3.21. The molecule has 3 N–H and O–H groups in total. The van der Waals surface area contributed by atoms with Gasteiger partial charge in [-0.1, -0.05) is 24.3 Å². The molecular weight excluding hydrogens is 431 g/mol. The van der Waals surface area contributed by atoms with Crippen molar-refractivity contribution in [3.63, 3.8) is 0 Å². The molecule has 8 heteroatoms. The topological polar surface area (TPSA) is 91.8 Å². The number of aromatic nitrogens is 3. The van der Waals surface area contributed by atoms with Crippen LogP contribution in [0.1, 0.15) is 27.0 Å². The summed E-state index contributed by atoms with van der Waals surface area (Å²) in [7, 11) is 0. The Morgan fingerprint density at radius 3 is 2.26 bits per heavy atom. The number of benzene rings is 1. The highest BCUT2D eigenvalue weighted by molar-refractivity contribution is 5.99. The molecule has 0 saturated heterocycles.